The Morgan fingerprint density at radius 2 is 1.47 bits per heavy atom. The van der Waals surface area contributed by atoms with Crippen molar-refractivity contribution < 1.29 is 19.1 Å². The van der Waals surface area contributed by atoms with Crippen LogP contribution in [0.4, 0.5) is 0 Å². The molecular weight excluding hydrogens is 607 g/mol. The van der Waals surface area contributed by atoms with Gasteiger partial charge in [0.2, 0.25) is 0 Å². The highest BCUT2D eigenvalue weighted by atomic mass is 32.2. The summed E-state index contributed by atoms with van der Waals surface area (Å²) >= 11 is 1.56. The minimum atomic E-state index is -0.332. The van der Waals surface area contributed by atoms with Gasteiger partial charge in [0, 0.05) is 16.9 Å². The Kier molecular flexibility index (Phi) is 15.4. The number of benzene rings is 3. The molecule has 3 aromatic carbocycles. The number of ether oxygens (including phenoxy) is 2. The highest BCUT2D eigenvalue weighted by molar-refractivity contribution is 7.99. The number of nitrogens with one attached hydrogen (secondary N) is 1. The Morgan fingerprint density at radius 1 is 0.830 bits per heavy atom. The lowest BCUT2D eigenvalue weighted by Crippen LogP contribution is -2.15. The molecule has 1 N–H and O–H groups in total. The summed E-state index contributed by atoms with van der Waals surface area (Å²) < 4.78 is 11.4. The molecule has 0 saturated carbocycles. The predicted octanol–water partition coefficient (Wildman–Crippen LogP) is 10.2. The summed E-state index contributed by atoms with van der Waals surface area (Å²) in [5.74, 6) is 1.13. The number of nitrogens with zero attached hydrogens (tertiary/aromatic N) is 2. The van der Waals surface area contributed by atoms with E-state index in [9.17, 15) is 4.79 Å². The normalized spacial score (nSPS) is 11.5. The van der Waals surface area contributed by atoms with E-state index >= 15 is 0 Å². The highest BCUT2D eigenvalue weighted by Crippen LogP contribution is 2.32. The van der Waals surface area contributed by atoms with Crippen LogP contribution in [-0.4, -0.2) is 47.2 Å². The van der Waals surface area contributed by atoms with Gasteiger partial charge in [-0.1, -0.05) is 137 Å². The average Bonchev–Trinajstić information content (AvgIpc) is 3.54. The standard InChI is InChI=1S/C39H49N3O4S/c1-4-5-6-7-8-9-10-17-26-46-42-34(28-44-35-24-22-33(23-25-35)38(43)45-27-30(2)3)29-47-39-40-36(31-18-13-11-14-19-31)37(41-39)32-20-15-12-16-21-32/h11-16,18-25,30H,4-10,17,26-29H2,1-3H3,(H,40,41)/b42-34+. The highest BCUT2D eigenvalue weighted by Gasteiger charge is 2.16. The lowest BCUT2D eigenvalue weighted by molar-refractivity contribution is 0.0459. The van der Waals surface area contributed by atoms with E-state index < -0.39 is 0 Å². The fourth-order valence-corrected chi connectivity index (χ4v) is 5.67. The summed E-state index contributed by atoms with van der Waals surface area (Å²) in [6.07, 6.45) is 9.89. The number of oxime groups is 1. The fourth-order valence-electron chi connectivity index (χ4n) is 4.90. The number of esters is 1. The third-order valence-electron chi connectivity index (χ3n) is 7.49. The zero-order chi connectivity index (χ0) is 33.1. The zero-order valence-electron chi connectivity index (χ0n) is 28.1. The van der Waals surface area contributed by atoms with E-state index in [-0.39, 0.29) is 18.5 Å². The van der Waals surface area contributed by atoms with Crippen LogP contribution in [0.2, 0.25) is 0 Å². The van der Waals surface area contributed by atoms with Crippen LogP contribution in [0, 0.1) is 5.92 Å². The van der Waals surface area contributed by atoms with Crippen LogP contribution in [0.15, 0.2) is 95.2 Å². The van der Waals surface area contributed by atoms with Gasteiger partial charge in [0.1, 0.15) is 24.7 Å². The first-order valence-corrected chi connectivity index (χ1v) is 17.9. The molecule has 0 fully saturated rings. The lowest BCUT2D eigenvalue weighted by Gasteiger charge is -2.10. The Hall–Kier alpha value is -4.04. The molecule has 47 heavy (non-hydrogen) atoms. The van der Waals surface area contributed by atoms with Gasteiger partial charge in [0.15, 0.2) is 5.16 Å². The number of thioether (sulfide) groups is 1. The van der Waals surface area contributed by atoms with Crippen molar-refractivity contribution in [1.82, 2.24) is 9.97 Å². The van der Waals surface area contributed by atoms with E-state index in [4.69, 9.17) is 19.3 Å². The summed E-state index contributed by atoms with van der Waals surface area (Å²) in [6, 6.07) is 27.5. The molecule has 8 heteroatoms. The second kappa shape index (κ2) is 20.3. The van der Waals surface area contributed by atoms with E-state index in [1.165, 1.54) is 38.5 Å². The van der Waals surface area contributed by atoms with E-state index in [0.29, 0.717) is 30.3 Å². The largest absolute Gasteiger partial charge is 0.487 e. The molecule has 0 unspecified atom stereocenters. The van der Waals surface area contributed by atoms with Crippen molar-refractivity contribution >= 4 is 23.4 Å². The second-order valence-electron chi connectivity index (χ2n) is 12.1. The van der Waals surface area contributed by atoms with E-state index in [2.05, 4.69) is 41.3 Å². The molecular formula is C39H49N3O4S. The maximum atomic E-state index is 12.3. The molecule has 0 saturated heterocycles. The van der Waals surface area contributed by atoms with Gasteiger partial charge in [-0.05, 0) is 43.0 Å². The van der Waals surface area contributed by atoms with Crippen molar-refractivity contribution in [3.8, 4) is 28.3 Å². The molecule has 0 bridgehead atoms. The number of aromatic amines is 1. The van der Waals surface area contributed by atoms with Crippen molar-refractivity contribution in [2.24, 2.45) is 11.1 Å². The number of unbranched alkanes of at least 4 members (excludes halogenated alkanes) is 7. The number of imidazole rings is 1. The zero-order valence-corrected chi connectivity index (χ0v) is 28.9. The van der Waals surface area contributed by atoms with Crippen molar-refractivity contribution in [1.29, 1.82) is 0 Å². The number of H-pyrrole nitrogens is 1. The quantitative estimate of drug-likeness (QED) is 0.0316. The maximum Gasteiger partial charge on any atom is 0.338 e. The minimum Gasteiger partial charge on any atom is -0.487 e. The first kappa shape index (κ1) is 35.8. The van der Waals surface area contributed by atoms with Gasteiger partial charge >= 0.3 is 5.97 Å². The number of rotatable bonds is 21. The van der Waals surface area contributed by atoms with Crippen LogP contribution in [-0.2, 0) is 9.57 Å². The predicted molar refractivity (Wildman–Crippen MR) is 193 cm³/mol. The third-order valence-corrected chi connectivity index (χ3v) is 8.44. The third kappa shape index (κ3) is 12.6. The molecule has 0 aliphatic rings. The topological polar surface area (TPSA) is 85.8 Å². The van der Waals surface area contributed by atoms with Crippen molar-refractivity contribution in [3.63, 3.8) is 0 Å². The van der Waals surface area contributed by atoms with Gasteiger partial charge in [0.05, 0.1) is 23.6 Å². The fraction of sp³-hybridized carbons (Fsp3) is 0.410. The first-order chi connectivity index (χ1) is 23.0. The van der Waals surface area contributed by atoms with Crippen LogP contribution in [0.25, 0.3) is 22.5 Å². The summed E-state index contributed by atoms with van der Waals surface area (Å²) in [4.78, 5) is 26.6. The summed E-state index contributed by atoms with van der Waals surface area (Å²) in [5, 5.41) is 5.29. The minimum absolute atomic E-state index is 0.249. The van der Waals surface area contributed by atoms with Gasteiger partial charge in [-0.25, -0.2) is 9.78 Å². The van der Waals surface area contributed by atoms with Crippen LogP contribution in [0.5, 0.6) is 5.75 Å². The van der Waals surface area contributed by atoms with Gasteiger partial charge in [-0.3, -0.25) is 0 Å². The number of hydrogen-bond donors (Lipinski definition) is 1. The Balaban J connectivity index is 1.39. The van der Waals surface area contributed by atoms with E-state index in [1.54, 1.807) is 36.0 Å². The molecule has 0 atom stereocenters. The molecule has 4 aromatic rings. The molecule has 0 aliphatic heterocycles. The SMILES string of the molecule is CCCCCCCCCCO/N=C(\COc1ccc(C(=O)OCC(C)C)cc1)CSc1nc(-c2ccccc2)c(-c2ccccc2)[nH]1. The van der Waals surface area contributed by atoms with Gasteiger partial charge < -0.3 is 19.3 Å². The second-order valence-corrected chi connectivity index (χ2v) is 13.0. The van der Waals surface area contributed by atoms with Crippen LogP contribution < -0.4 is 4.74 Å². The number of aromatic nitrogens is 2. The molecule has 1 aromatic heterocycles. The summed E-state index contributed by atoms with van der Waals surface area (Å²) in [5.41, 5.74) is 5.27. The van der Waals surface area contributed by atoms with Crippen molar-refractivity contribution in [2.45, 2.75) is 77.3 Å². The van der Waals surface area contributed by atoms with Crippen LogP contribution in [0.3, 0.4) is 0 Å². The van der Waals surface area contributed by atoms with Crippen molar-refractivity contribution in [3.05, 3.63) is 90.5 Å². The van der Waals surface area contributed by atoms with Gasteiger partial charge in [0.25, 0.3) is 0 Å². The van der Waals surface area contributed by atoms with Crippen LogP contribution in [0.1, 0.15) is 82.5 Å². The van der Waals surface area contributed by atoms with Gasteiger partial charge in [-0.15, -0.1) is 0 Å². The van der Waals surface area contributed by atoms with Gasteiger partial charge in [-0.2, -0.15) is 0 Å². The number of hydrogen-bond acceptors (Lipinski definition) is 7. The molecule has 0 aliphatic carbocycles. The molecule has 1 heterocycles. The molecule has 250 valence electrons. The summed E-state index contributed by atoms with van der Waals surface area (Å²) in [7, 11) is 0. The Labute approximate surface area is 284 Å². The average molecular weight is 656 g/mol. The molecule has 0 spiro atoms. The monoisotopic (exact) mass is 655 g/mol. The van der Waals surface area contributed by atoms with Crippen LogP contribution >= 0.6 is 11.8 Å². The van der Waals surface area contributed by atoms with E-state index in [0.717, 1.165) is 46.2 Å². The molecule has 0 radical (unpaired) electrons. The lowest BCUT2D eigenvalue weighted by atomic mass is 10.1. The first-order valence-electron chi connectivity index (χ1n) is 16.9. The number of carbonyl (C=O) groups excluding carboxylic acids is 1. The summed E-state index contributed by atoms with van der Waals surface area (Å²) in [6.45, 7) is 7.49. The molecule has 4 rings (SSSR count). The Bertz CT molecular complexity index is 1430. The van der Waals surface area contributed by atoms with Crippen molar-refractivity contribution in [2.75, 3.05) is 25.6 Å². The smallest absolute Gasteiger partial charge is 0.338 e. The number of carbonyl (C=O) groups is 1. The van der Waals surface area contributed by atoms with E-state index in [1.807, 2.05) is 50.2 Å². The molecule has 0 amide bonds. The maximum absolute atomic E-state index is 12.3. The molecule has 7 nitrogen and oxygen atoms in total. The Morgan fingerprint density at radius 3 is 2.13 bits per heavy atom.